The Labute approximate surface area is 219 Å². The number of carbonyl (C=O) groups excluding carboxylic acids is 4. The van der Waals surface area contributed by atoms with Crippen molar-refractivity contribution in [3.63, 3.8) is 0 Å². The fourth-order valence-corrected chi connectivity index (χ4v) is 5.21. The lowest BCUT2D eigenvalue weighted by Crippen LogP contribution is -2.49. The maximum absolute atomic E-state index is 13.3. The number of piperidine rings is 1. The molecule has 9 nitrogen and oxygen atoms in total. The summed E-state index contributed by atoms with van der Waals surface area (Å²) < 4.78 is 10.6. The first-order valence-corrected chi connectivity index (χ1v) is 13.1. The van der Waals surface area contributed by atoms with Gasteiger partial charge in [0.05, 0.1) is 13.5 Å². The number of hydrogen-bond donors (Lipinski definition) is 1. The zero-order valence-electron chi connectivity index (χ0n) is 22.8. The number of methoxy groups -OCH3 is 1. The summed E-state index contributed by atoms with van der Waals surface area (Å²) in [6.45, 7) is 9.30. The van der Waals surface area contributed by atoms with E-state index in [4.69, 9.17) is 9.47 Å². The van der Waals surface area contributed by atoms with Gasteiger partial charge in [-0.05, 0) is 69.6 Å². The third kappa shape index (κ3) is 8.20. The molecule has 1 aromatic carbocycles. The predicted molar refractivity (Wildman–Crippen MR) is 139 cm³/mol. The zero-order valence-corrected chi connectivity index (χ0v) is 22.8. The predicted octanol–water partition coefficient (Wildman–Crippen LogP) is 2.71. The van der Waals surface area contributed by atoms with E-state index in [-0.39, 0.29) is 41.9 Å². The van der Waals surface area contributed by atoms with Crippen molar-refractivity contribution in [2.24, 2.45) is 5.41 Å². The van der Waals surface area contributed by atoms with Gasteiger partial charge in [0.15, 0.2) is 0 Å². The van der Waals surface area contributed by atoms with Crippen LogP contribution < -0.4 is 10.1 Å². The smallest absolute Gasteiger partial charge is 0.306 e. The van der Waals surface area contributed by atoms with Crippen LogP contribution in [0.1, 0.15) is 65.4 Å². The first-order valence-electron chi connectivity index (χ1n) is 13.1. The highest BCUT2D eigenvalue weighted by molar-refractivity contribution is 5.87. The van der Waals surface area contributed by atoms with Crippen LogP contribution >= 0.6 is 0 Å². The maximum Gasteiger partial charge on any atom is 0.306 e. The molecule has 1 N–H and O–H groups in total. The lowest BCUT2D eigenvalue weighted by atomic mass is 9.77. The zero-order chi connectivity index (χ0) is 27.2. The number of nitrogens with zero attached hydrogens (tertiary/aromatic N) is 2. The third-order valence-corrected chi connectivity index (χ3v) is 7.15. The molecule has 9 heteroatoms. The van der Waals surface area contributed by atoms with Gasteiger partial charge in [0.2, 0.25) is 17.7 Å². The molecule has 3 rings (SSSR count). The number of esters is 1. The largest absolute Gasteiger partial charge is 0.497 e. The standard InChI is InChI=1S/C28H41N3O6/c1-20(32)29-23(9-10-25(34)37-27(2,3)4)26(35)31-16-13-28(19-31)11-14-30(15-12-28)24(33)18-21-7-6-8-22(17-21)36-5/h6-8,17,23H,9-16,18-19H2,1-5H3,(H,29,32). The quantitative estimate of drug-likeness (QED) is 0.534. The van der Waals surface area contributed by atoms with Crippen LogP contribution in [-0.4, -0.2) is 78.4 Å². The highest BCUT2D eigenvalue weighted by Gasteiger charge is 2.44. The minimum absolute atomic E-state index is 0.0195. The lowest BCUT2D eigenvalue weighted by Gasteiger charge is -2.39. The molecule has 0 radical (unpaired) electrons. The number of hydrogen-bond acceptors (Lipinski definition) is 6. The summed E-state index contributed by atoms with van der Waals surface area (Å²) in [5, 5.41) is 2.72. The van der Waals surface area contributed by atoms with Crippen molar-refractivity contribution >= 4 is 23.7 Å². The molecule has 2 aliphatic heterocycles. The van der Waals surface area contributed by atoms with E-state index in [1.54, 1.807) is 27.9 Å². The molecule has 2 heterocycles. The number of rotatable bonds is 8. The van der Waals surface area contributed by atoms with Crippen LogP contribution in [-0.2, 0) is 30.3 Å². The minimum Gasteiger partial charge on any atom is -0.497 e. The Hall–Kier alpha value is -3.10. The average molecular weight is 516 g/mol. The molecule has 0 bridgehead atoms. The number of benzene rings is 1. The molecule has 2 saturated heterocycles. The van der Waals surface area contributed by atoms with Crippen molar-refractivity contribution in [2.75, 3.05) is 33.3 Å². The van der Waals surface area contributed by atoms with Gasteiger partial charge in [-0.25, -0.2) is 0 Å². The second-order valence-electron chi connectivity index (χ2n) is 11.3. The summed E-state index contributed by atoms with van der Waals surface area (Å²) in [5.74, 6) is -0.0184. The van der Waals surface area contributed by atoms with Crippen LogP contribution in [0.4, 0.5) is 0 Å². The summed E-state index contributed by atoms with van der Waals surface area (Å²) in [4.78, 5) is 53.9. The monoisotopic (exact) mass is 515 g/mol. The first kappa shape index (κ1) is 28.5. The summed E-state index contributed by atoms with van der Waals surface area (Å²) in [7, 11) is 1.61. The van der Waals surface area contributed by atoms with Crippen LogP contribution in [0.2, 0.25) is 0 Å². The molecule has 0 saturated carbocycles. The van der Waals surface area contributed by atoms with Crippen molar-refractivity contribution in [2.45, 2.75) is 77.9 Å². The molecule has 0 aliphatic carbocycles. The van der Waals surface area contributed by atoms with Crippen molar-refractivity contribution in [1.29, 1.82) is 0 Å². The van der Waals surface area contributed by atoms with Gasteiger partial charge in [-0.3, -0.25) is 19.2 Å². The molecule has 1 aromatic rings. The van der Waals surface area contributed by atoms with Crippen LogP contribution in [0.15, 0.2) is 24.3 Å². The number of carbonyl (C=O) groups is 4. The Morgan fingerprint density at radius 1 is 1.05 bits per heavy atom. The molecular weight excluding hydrogens is 474 g/mol. The first-order chi connectivity index (χ1) is 17.4. The molecule has 204 valence electrons. The molecule has 1 unspecified atom stereocenters. The topological polar surface area (TPSA) is 105 Å². The number of nitrogens with one attached hydrogen (secondary N) is 1. The van der Waals surface area contributed by atoms with Crippen LogP contribution in [0.5, 0.6) is 5.75 Å². The van der Waals surface area contributed by atoms with Gasteiger partial charge < -0.3 is 24.6 Å². The summed E-state index contributed by atoms with van der Waals surface area (Å²) in [6, 6.07) is 6.81. The maximum atomic E-state index is 13.3. The van der Waals surface area contributed by atoms with Gasteiger partial charge in [-0.15, -0.1) is 0 Å². The van der Waals surface area contributed by atoms with Gasteiger partial charge >= 0.3 is 5.97 Å². The molecule has 1 atom stereocenters. The summed E-state index contributed by atoms with van der Waals surface area (Å²) in [5.41, 5.74) is 0.308. The normalized spacial score (nSPS) is 17.9. The van der Waals surface area contributed by atoms with Crippen molar-refractivity contribution < 1.29 is 28.7 Å². The van der Waals surface area contributed by atoms with Crippen LogP contribution in [0, 0.1) is 5.41 Å². The fourth-order valence-electron chi connectivity index (χ4n) is 5.21. The average Bonchev–Trinajstić information content (AvgIpc) is 3.23. The van der Waals surface area contributed by atoms with Gasteiger partial charge in [0.25, 0.3) is 0 Å². The number of amides is 3. The Kier molecular flexibility index (Phi) is 9.21. The minimum atomic E-state index is -0.760. The Bertz CT molecular complexity index is 994. The van der Waals surface area contributed by atoms with E-state index in [0.717, 1.165) is 30.6 Å². The molecular formula is C28H41N3O6. The van der Waals surface area contributed by atoms with Crippen LogP contribution in [0.25, 0.3) is 0 Å². The van der Waals surface area contributed by atoms with Gasteiger partial charge in [0.1, 0.15) is 17.4 Å². The van der Waals surface area contributed by atoms with E-state index in [2.05, 4.69) is 5.32 Å². The Morgan fingerprint density at radius 3 is 2.30 bits per heavy atom. The van der Waals surface area contributed by atoms with E-state index >= 15 is 0 Å². The second kappa shape index (κ2) is 12.0. The van der Waals surface area contributed by atoms with Gasteiger partial charge in [-0.1, -0.05) is 12.1 Å². The number of ether oxygens (including phenoxy) is 2. The highest BCUT2D eigenvalue weighted by Crippen LogP contribution is 2.40. The van der Waals surface area contributed by atoms with E-state index in [1.807, 2.05) is 34.1 Å². The SMILES string of the molecule is COc1cccc(CC(=O)N2CCC3(CC2)CCN(C(=O)C(CCC(=O)OC(C)(C)C)NC(C)=O)C3)c1. The van der Waals surface area contributed by atoms with Crippen molar-refractivity contribution in [1.82, 2.24) is 15.1 Å². The summed E-state index contributed by atoms with van der Waals surface area (Å²) in [6.07, 6.45) is 3.13. The number of likely N-dealkylation sites (tertiary alicyclic amines) is 2. The van der Waals surface area contributed by atoms with Crippen molar-refractivity contribution in [3.8, 4) is 5.75 Å². The van der Waals surface area contributed by atoms with E-state index in [9.17, 15) is 19.2 Å². The van der Waals surface area contributed by atoms with Crippen molar-refractivity contribution in [3.05, 3.63) is 29.8 Å². The molecule has 0 aromatic heterocycles. The van der Waals surface area contributed by atoms with E-state index < -0.39 is 11.6 Å². The molecule has 1 spiro atoms. The Balaban J connectivity index is 1.53. The van der Waals surface area contributed by atoms with E-state index in [1.165, 1.54) is 6.92 Å². The molecule has 37 heavy (non-hydrogen) atoms. The molecule has 3 amide bonds. The van der Waals surface area contributed by atoms with Gasteiger partial charge in [-0.2, -0.15) is 0 Å². The third-order valence-electron chi connectivity index (χ3n) is 7.15. The van der Waals surface area contributed by atoms with Gasteiger partial charge in [0, 0.05) is 39.5 Å². The Morgan fingerprint density at radius 2 is 1.70 bits per heavy atom. The molecule has 2 aliphatic rings. The van der Waals surface area contributed by atoms with E-state index in [0.29, 0.717) is 32.6 Å². The highest BCUT2D eigenvalue weighted by atomic mass is 16.6. The lowest BCUT2D eigenvalue weighted by molar-refractivity contribution is -0.155. The second-order valence-corrected chi connectivity index (χ2v) is 11.3. The van der Waals surface area contributed by atoms with Crippen LogP contribution in [0.3, 0.4) is 0 Å². The molecule has 2 fully saturated rings. The summed E-state index contributed by atoms with van der Waals surface area (Å²) >= 11 is 0. The fraction of sp³-hybridized carbons (Fsp3) is 0.643.